The molecule has 0 amide bonds. The van der Waals surface area contributed by atoms with Crippen molar-refractivity contribution in [3.63, 3.8) is 0 Å². The van der Waals surface area contributed by atoms with Crippen LogP contribution in [0.15, 0.2) is 79.3 Å². The molecular weight excluding hydrogens is 411 g/mol. The molecule has 4 rings (SSSR count). The number of halogens is 1. The van der Waals surface area contributed by atoms with E-state index in [1.165, 1.54) is 30.7 Å². The number of phenolic OH excluding ortho intramolecular Hbond substituents is 1. The van der Waals surface area contributed by atoms with Gasteiger partial charge in [-0.3, -0.25) is 0 Å². The van der Waals surface area contributed by atoms with Gasteiger partial charge in [-0.1, -0.05) is 24.3 Å². The zero-order valence-electron chi connectivity index (χ0n) is 17.4. The summed E-state index contributed by atoms with van der Waals surface area (Å²) in [5, 5.41) is 10.6. The first-order chi connectivity index (χ1) is 15.6. The molecule has 0 radical (unpaired) electrons. The second-order valence-corrected chi connectivity index (χ2v) is 6.81. The molecule has 32 heavy (non-hydrogen) atoms. The SMILES string of the molecule is CCOc1ccccc1Oc1cncnc1-c1ccc(OCc2ccc(F)cc2)cc1O. The van der Waals surface area contributed by atoms with Crippen molar-refractivity contribution in [3.05, 3.63) is 90.6 Å². The van der Waals surface area contributed by atoms with Gasteiger partial charge in [0.05, 0.1) is 12.8 Å². The van der Waals surface area contributed by atoms with Gasteiger partial charge >= 0.3 is 0 Å². The third-order valence-electron chi connectivity index (χ3n) is 4.59. The minimum absolute atomic E-state index is 0.0248. The predicted molar refractivity (Wildman–Crippen MR) is 118 cm³/mol. The molecule has 1 aromatic heterocycles. The highest BCUT2D eigenvalue weighted by Gasteiger charge is 2.16. The summed E-state index contributed by atoms with van der Waals surface area (Å²) >= 11 is 0. The quantitative estimate of drug-likeness (QED) is 0.382. The monoisotopic (exact) mass is 432 g/mol. The van der Waals surface area contributed by atoms with Gasteiger partial charge in [0.15, 0.2) is 17.2 Å². The van der Waals surface area contributed by atoms with Gasteiger partial charge in [0, 0.05) is 11.6 Å². The number of hydrogen-bond acceptors (Lipinski definition) is 6. The van der Waals surface area contributed by atoms with Crippen LogP contribution >= 0.6 is 0 Å². The Hall–Kier alpha value is -4.13. The minimum atomic E-state index is -0.303. The van der Waals surface area contributed by atoms with Crippen molar-refractivity contribution in [2.24, 2.45) is 0 Å². The Labute approximate surface area is 184 Å². The summed E-state index contributed by atoms with van der Waals surface area (Å²) in [6.45, 7) is 2.64. The van der Waals surface area contributed by atoms with Gasteiger partial charge in [0.25, 0.3) is 0 Å². The molecular formula is C25H21FN2O4. The molecule has 0 aliphatic heterocycles. The first-order valence-electron chi connectivity index (χ1n) is 10.0. The lowest BCUT2D eigenvalue weighted by Crippen LogP contribution is -1.98. The number of hydrogen-bond donors (Lipinski definition) is 1. The van der Waals surface area contributed by atoms with Gasteiger partial charge in [0.2, 0.25) is 0 Å². The Morgan fingerprint density at radius 3 is 2.44 bits per heavy atom. The zero-order valence-corrected chi connectivity index (χ0v) is 17.4. The van der Waals surface area contributed by atoms with Crippen molar-refractivity contribution in [2.75, 3.05) is 6.61 Å². The van der Waals surface area contributed by atoms with Crippen LogP contribution in [0.5, 0.6) is 28.7 Å². The molecule has 0 aliphatic rings. The lowest BCUT2D eigenvalue weighted by molar-refractivity contribution is 0.304. The van der Waals surface area contributed by atoms with Crippen LogP contribution in [0.25, 0.3) is 11.3 Å². The molecule has 4 aromatic rings. The summed E-state index contributed by atoms with van der Waals surface area (Å²) in [6, 6.07) is 18.3. The molecule has 7 heteroatoms. The van der Waals surface area contributed by atoms with E-state index in [4.69, 9.17) is 14.2 Å². The molecule has 0 spiro atoms. The maximum absolute atomic E-state index is 13.0. The molecule has 0 aliphatic carbocycles. The molecule has 6 nitrogen and oxygen atoms in total. The van der Waals surface area contributed by atoms with Crippen molar-refractivity contribution in [1.82, 2.24) is 9.97 Å². The predicted octanol–water partition coefficient (Wildman–Crippen LogP) is 5.76. The summed E-state index contributed by atoms with van der Waals surface area (Å²) in [6.07, 6.45) is 2.92. The van der Waals surface area contributed by atoms with E-state index in [-0.39, 0.29) is 18.2 Å². The highest BCUT2D eigenvalue weighted by atomic mass is 19.1. The van der Waals surface area contributed by atoms with Crippen LogP contribution in [0.3, 0.4) is 0 Å². The smallest absolute Gasteiger partial charge is 0.172 e. The fourth-order valence-electron chi connectivity index (χ4n) is 3.07. The van der Waals surface area contributed by atoms with E-state index in [9.17, 15) is 9.50 Å². The van der Waals surface area contributed by atoms with E-state index in [0.717, 1.165) is 5.56 Å². The number of rotatable bonds is 8. The van der Waals surface area contributed by atoms with Gasteiger partial charge in [-0.05, 0) is 48.9 Å². The van der Waals surface area contributed by atoms with E-state index in [1.54, 1.807) is 30.3 Å². The second-order valence-electron chi connectivity index (χ2n) is 6.81. The Bertz CT molecular complexity index is 1200. The fourth-order valence-corrected chi connectivity index (χ4v) is 3.07. The highest BCUT2D eigenvalue weighted by molar-refractivity contribution is 5.73. The Kier molecular flexibility index (Phi) is 6.46. The van der Waals surface area contributed by atoms with Gasteiger partial charge in [0.1, 0.15) is 35.9 Å². The number of aromatic hydroxyl groups is 1. The lowest BCUT2D eigenvalue weighted by Gasteiger charge is -2.14. The van der Waals surface area contributed by atoms with Crippen molar-refractivity contribution in [1.29, 1.82) is 0 Å². The Morgan fingerprint density at radius 1 is 0.906 bits per heavy atom. The number of nitrogens with zero attached hydrogens (tertiary/aromatic N) is 2. The third-order valence-corrected chi connectivity index (χ3v) is 4.59. The lowest BCUT2D eigenvalue weighted by atomic mass is 10.1. The van der Waals surface area contributed by atoms with Crippen LogP contribution in [0.2, 0.25) is 0 Å². The summed E-state index contributed by atoms with van der Waals surface area (Å²) in [4.78, 5) is 8.35. The summed E-state index contributed by atoms with van der Waals surface area (Å²) in [5.41, 5.74) is 1.70. The molecule has 0 saturated heterocycles. The molecule has 0 fully saturated rings. The largest absolute Gasteiger partial charge is 0.507 e. The molecule has 0 saturated carbocycles. The van der Waals surface area contributed by atoms with Gasteiger partial charge in [-0.2, -0.15) is 0 Å². The second kappa shape index (κ2) is 9.78. The molecule has 0 atom stereocenters. The normalized spacial score (nSPS) is 10.6. The van der Waals surface area contributed by atoms with Crippen LogP contribution < -0.4 is 14.2 Å². The van der Waals surface area contributed by atoms with Crippen molar-refractivity contribution >= 4 is 0 Å². The summed E-state index contributed by atoms with van der Waals surface area (Å²) < 4.78 is 30.4. The molecule has 0 unspecified atom stereocenters. The topological polar surface area (TPSA) is 73.7 Å². The van der Waals surface area contributed by atoms with Crippen LogP contribution in [-0.4, -0.2) is 21.7 Å². The highest BCUT2D eigenvalue weighted by Crippen LogP contribution is 2.39. The molecule has 0 bridgehead atoms. The number of aromatic nitrogens is 2. The molecule has 1 N–H and O–H groups in total. The van der Waals surface area contributed by atoms with Crippen LogP contribution in [-0.2, 0) is 6.61 Å². The van der Waals surface area contributed by atoms with Crippen molar-refractivity contribution in [3.8, 4) is 40.0 Å². The van der Waals surface area contributed by atoms with E-state index >= 15 is 0 Å². The fraction of sp³-hybridized carbons (Fsp3) is 0.120. The first kappa shape index (κ1) is 21.1. The van der Waals surface area contributed by atoms with Gasteiger partial charge in [-0.15, -0.1) is 0 Å². The van der Waals surface area contributed by atoms with Gasteiger partial charge in [-0.25, -0.2) is 14.4 Å². The van der Waals surface area contributed by atoms with Gasteiger partial charge < -0.3 is 19.3 Å². The zero-order chi connectivity index (χ0) is 22.3. The third kappa shape index (κ3) is 4.95. The standard InChI is InChI=1S/C25H21FN2O4/c1-2-30-22-5-3-4-6-23(22)32-24-14-27-16-28-25(24)20-12-11-19(13-21(20)29)31-15-17-7-9-18(26)10-8-17/h3-14,16,29H,2,15H2,1H3. The summed E-state index contributed by atoms with van der Waals surface area (Å²) in [7, 11) is 0. The number of ether oxygens (including phenoxy) is 3. The molecule has 162 valence electrons. The maximum atomic E-state index is 13.0. The average Bonchev–Trinajstić information content (AvgIpc) is 2.81. The van der Waals surface area contributed by atoms with Crippen LogP contribution in [0.4, 0.5) is 4.39 Å². The number of phenols is 1. The number of benzene rings is 3. The van der Waals surface area contributed by atoms with Crippen molar-refractivity contribution in [2.45, 2.75) is 13.5 Å². The first-order valence-corrected chi connectivity index (χ1v) is 10.0. The molecule has 1 heterocycles. The average molecular weight is 432 g/mol. The van der Waals surface area contributed by atoms with E-state index < -0.39 is 0 Å². The Morgan fingerprint density at radius 2 is 1.69 bits per heavy atom. The van der Waals surface area contributed by atoms with Crippen LogP contribution in [0, 0.1) is 5.82 Å². The van der Waals surface area contributed by atoms with Crippen LogP contribution in [0.1, 0.15) is 12.5 Å². The van der Waals surface area contributed by atoms with E-state index in [1.807, 2.05) is 25.1 Å². The molecule has 3 aromatic carbocycles. The summed E-state index contributed by atoms with van der Waals surface area (Å²) in [5.74, 6) is 1.62. The minimum Gasteiger partial charge on any atom is -0.507 e. The maximum Gasteiger partial charge on any atom is 0.172 e. The van der Waals surface area contributed by atoms with E-state index in [0.29, 0.717) is 40.9 Å². The van der Waals surface area contributed by atoms with Crippen molar-refractivity contribution < 1.29 is 23.7 Å². The Balaban J connectivity index is 1.56. The van der Waals surface area contributed by atoms with E-state index in [2.05, 4.69) is 9.97 Å². The number of para-hydroxylation sites is 2.